The van der Waals surface area contributed by atoms with Crippen LogP contribution >= 0.6 is 0 Å². The third kappa shape index (κ3) is 2.19. The van der Waals surface area contributed by atoms with Crippen LogP contribution in [0.3, 0.4) is 0 Å². The second-order valence-corrected chi connectivity index (χ2v) is 9.60. The second-order valence-electron chi connectivity index (χ2n) is 9.60. The highest BCUT2D eigenvalue weighted by Crippen LogP contribution is 2.64. The van der Waals surface area contributed by atoms with Gasteiger partial charge in [0, 0.05) is 11.8 Å². The minimum absolute atomic E-state index is 0.113. The van der Waals surface area contributed by atoms with Crippen molar-refractivity contribution in [3.05, 3.63) is 11.6 Å². The van der Waals surface area contributed by atoms with E-state index in [-0.39, 0.29) is 16.7 Å². The Labute approximate surface area is 140 Å². The molecule has 3 saturated carbocycles. The molecule has 23 heavy (non-hydrogen) atoms. The Kier molecular flexibility index (Phi) is 3.71. The smallest absolute Gasteiger partial charge is 0.108 e. The number of hydrogen-bond acceptors (Lipinski definition) is 0. The maximum atomic E-state index is 15.1. The van der Waals surface area contributed by atoms with Crippen LogP contribution in [0.15, 0.2) is 11.6 Å². The van der Waals surface area contributed by atoms with E-state index >= 15 is 4.39 Å². The molecule has 0 amide bonds. The average molecular weight is 322 g/mol. The molecule has 2 heteroatoms. The van der Waals surface area contributed by atoms with Crippen molar-refractivity contribution in [3.8, 4) is 0 Å². The third-order valence-corrected chi connectivity index (χ3v) is 8.54. The molecule has 130 valence electrons. The lowest BCUT2D eigenvalue weighted by atomic mass is 9.44. The summed E-state index contributed by atoms with van der Waals surface area (Å²) in [5, 5.41) is 0. The molecule has 0 aromatic heterocycles. The van der Waals surface area contributed by atoms with Crippen molar-refractivity contribution >= 4 is 0 Å². The SMILES string of the molecule is CC1CCC2C3CC=C4C[C@@H](F)CC[C@]4(C)C3CC[C@]2(C)[C@H]1F. The van der Waals surface area contributed by atoms with Gasteiger partial charge in [0.1, 0.15) is 12.3 Å². The molecule has 0 aromatic carbocycles. The fourth-order valence-electron chi connectivity index (χ4n) is 7.09. The molecule has 0 saturated heterocycles. The van der Waals surface area contributed by atoms with Crippen molar-refractivity contribution < 1.29 is 8.78 Å². The van der Waals surface area contributed by atoms with Gasteiger partial charge >= 0.3 is 0 Å². The molecule has 4 rings (SSSR count). The molecule has 0 spiro atoms. The summed E-state index contributed by atoms with van der Waals surface area (Å²) in [6.45, 7) is 6.72. The molecule has 3 fully saturated rings. The van der Waals surface area contributed by atoms with Crippen molar-refractivity contribution in [3.63, 3.8) is 0 Å². The van der Waals surface area contributed by atoms with Gasteiger partial charge in [-0.2, -0.15) is 0 Å². The van der Waals surface area contributed by atoms with Gasteiger partial charge in [-0.05, 0) is 74.0 Å². The van der Waals surface area contributed by atoms with Crippen LogP contribution in [0.1, 0.15) is 72.1 Å². The minimum Gasteiger partial charge on any atom is -0.247 e. The van der Waals surface area contributed by atoms with E-state index < -0.39 is 12.3 Å². The number of halogens is 2. The molecule has 4 aliphatic carbocycles. The van der Waals surface area contributed by atoms with E-state index in [0.29, 0.717) is 24.2 Å². The predicted octanol–water partition coefficient (Wildman–Crippen LogP) is 6.26. The summed E-state index contributed by atoms with van der Waals surface area (Å²) in [5.74, 6) is 2.04. The molecule has 0 aliphatic heterocycles. The molecular weight excluding hydrogens is 290 g/mol. The summed E-state index contributed by atoms with van der Waals surface area (Å²) in [6.07, 6.45) is 8.98. The molecule has 0 N–H and O–H groups in total. The fraction of sp³-hybridized carbons (Fsp3) is 0.905. The number of hydrogen-bond donors (Lipinski definition) is 0. The van der Waals surface area contributed by atoms with Crippen molar-refractivity contribution in [2.45, 2.75) is 84.5 Å². The van der Waals surface area contributed by atoms with E-state index in [1.54, 1.807) is 0 Å². The zero-order chi connectivity index (χ0) is 16.4. The van der Waals surface area contributed by atoms with Gasteiger partial charge in [0.05, 0.1) is 0 Å². The Morgan fingerprint density at radius 3 is 2.57 bits per heavy atom. The van der Waals surface area contributed by atoms with E-state index in [0.717, 1.165) is 38.5 Å². The number of rotatable bonds is 0. The van der Waals surface area contributed by atoms with E-state index in [4.69, 9.17) is 0 Å². The average Bonchev–Trinajstić information content (AvgIpc) is 2.52. The zero-order valence-electron chi connectivity index (χ0n) is 15.0. The van der Waals surface area contributed by atoms with Crippen LogP contribution in [0.5, 0.6) is 0 Å². The molecule has 0 nitrogen and oxygen atoms in total. The Bertz CT molecular complexity index is 512. The van der Waals surface area contributed by atoms with Crippen LogP contribution in [-0.2, 0) is 0 Å². The van der Waals surface area contributed by atoms with Gasteiger partial charge in [0.25, 0.3) is 0 Å². The largest absolute Gasteiger partial charge is 0.247 e. The Morgan fingerprint density at radius 1 is 1.00 bits per heavy atom. The van der Waals surface area contributed by atoms with Gasteiger partial charge in [-0.3, -0.25) is 0 Å². The van der Waals surface area contributed by atoms with E-state index in [9.17, 15) is 4.39 Å². The van der Waals surface area contributed by atoms with Gasteiger partial charge in [0.2, 0.25) is 0 Å². The Hall–Kier alpha value is -0.400. The van der Waals surface area contributed by atoms with Gasteiger partial charge in [-0.25, -0.2) is 8.78 Å². The lowest BCUT2D eigenvalue weighted by Crippen LogP contribution is -2.55. The van der Waals surface area contributed by atoms with Crippen LogP contribution in [0, 0.1) is 34.5 Å². The van der Waals surface area contributed by atoms with Crippen LogP contribution in [0.4, 0.5) is 8.78 Å². The number of alkyl halides is 2. The molecule has 0 radical (unpaired) electrons. The molecule has 0 heterocycles. The van der Waals surface area contributed by atoms with Crippen molar-refractivity contribution in [1.29, 1.82) is 0 Å². The van der Waals surface area contributed by atoms with Gasteiger partial charge < -0.3 is 0 Å². The van der Waals surface area contributed by atoms with Crippen LogP contribution in [0.25, 0.3) is 0 Å². The summed E-state index contributed by atoms with van der Waals surface area (Å²) < 4.78 is 29.0. The molecule has 8 atom stereocenters. The molecule has 0 aromatic rings. The minimum atomic E-state index is -0.637. The lowest BCUT2D eigenvalue weighted by Gasteiger charge is -2.61. The highest BCUT2D eigenvalue weighted by molar-refractivity contribution is 5.25. The summed E-state index contributed by atoms with van der Waals surface area (Å²) >= 11 is 0. The lowest BCUT2D eigenvalue weighted by molar-refractivity contribution is -0.118. The zero-order valence-corrected chi connectivity index (χ0v) is 15.0. The Balaban J connectivity index is 1.66. The normalized spacial score (nSPS) is 56.1. The number of allylic oxidation sites excluding steroid dienone is 2. The standard InChI is InChI=1S/C21H32F2/c1-13-4-7-17-16-6-5-14-12-15(22)8-10-20(14,2)18(16)9-11-21(17,3)19(13)23/h5,13,15-19H,4,6-12H2,1-3H3/t13?,15-,16?,17?,18?,19-,20-,21-/m0/s1. The van der Waals surface area contributed by atoms with Crippen molar-refractivity contribution in [2.75, 3.05) is 0 Å². The molecular formula is C21H32F2. The van der Waals surface area contributed by atoms with Crippen molar-refractivity contribution in [1.82, 2.24) is 0 Å². The van der Waals surface area contributed by atoms with E-state index in [2.05, 4.69) is 26.8 Å². The second kappa shape index (κ2) is 5.30. The first-order valence-electron chi connectivity index (χ1n) is 9.84. The molecule has 4 unspecified atom stereocenters. The highest BCUT2D eigenvalue weighted by atomic mass is 19.1. The van der Waals surface area contributed by atoms with Crippen LogP contribution in [0.2, 0.25) is 0 Å². The van der Waals surface area contributed by atoms with E-state index in [1.165, 1.54) is 12.0 Å². The fourth-order valence-corrected chi connectivity index (χ4v) is 7.09. The predicted molar refractivity (Wildman–Crippen MR) is 90.7 cm³/mol. The van der Waals surface area contributed by atoms with Gasteiger partial charge in [-0.1, -0.05) is 32.4 Å². The topological polar surface area (TPSA) is 0 Å². The summed E-state index contributed by atoms with van der Waals surface area (Å²) in [6, 6.07) is 0. The maximum absolute atomic E-state index is 15.1. The summed E-state index contributed by atoms with van der Waals surface area (Å²) in [4.78, 5) is 0. The van der Waals surface area contributed by atoms with E-state index in [1.807, 2.05) is 0 Å². The summed E-state index contributed by atoms with van der Waals surface area (Å²) in [7, 11) is 0. The van der Waals surface area contributed by atoms with Crippen LogP contribution < -0.4 is 0 Å². The van der Waals surface area contributed by atoms with Gasteiger partial charge in [-0.15, -0.1) is 0 Å². The first kappa shape index (κ1) is 16.1. The monoisotopic (exact) mass is 322 g/mol. The third-order valence-electron chi connectivity index (χ3n) is 8.54. The first-order chi connectivity index (χ1) is 10.9. The van der Waals surface area contributed by atoms with Crippen LogP contribution in [-0.4, -0.2) is 12.3 Å². The van der Waals surface area contributed by atoms with Crippen molar-refractivity contribution in [2.24, 2.45) is 34.5 Å². The number of fused-ring (bicyclic) bond motifs is 5. The first-order valence-corrected chi connectivity index (χ1v) is 9.84. The highest BCUT2D eigenvalue weighted by Gasteiger charge is 2.58. The Morgan fingerprint density at radius 2 is 1.78 bits per heavy atom. The maximum Gasteiger partial charge on any atom is 0.108 e. The summed E-state index contributed by atoms with van der Waals surface area (Å²) in [5.41, 5.74) is 1.47. The molecule has 4 aliphatic rings. The quantitative estimate of drug-likeness (QED) is 0.462. The van der Waals surface area contributed by atoms with Gasteiger partial charge in [0.15, 0.2) is 0 Å². The molecule has 0 bridgehead atoms.